The Morgan fingerprint density at radius 2 is 1.94 bits per heavy atom. The fraction of sp³-hybridized carbons (Fsp3) is 0.391. The summed E-state index contributed by atoms with van der Waals surface area (Å²) in [5.74, 6) is -2.29. The molecule has 9 heteroatoms. The van der Waals surface area contributed by atoms with Crippen LogP contribution in [0.5, 0.6) is 5.75 Å². The molecule has 0 aliphatic carbocycles. The van der Waals surface area contributed by atoms with Gasteiger partial charge in [-0.2, -0.15) is 0 Å². The van der Waals surface area contributed by atoms with E-state index in [-0.39, 0.29) is 45.4 Å². The predicted molar refractivity (Wildman–Crippen MR) is 116 cm³/mol. The zero-order valence-electron chi connectivity index (χ0n) is 17.6. The quantitative estimate of drug-likeness (QED) is 0.320. The summed E-state index contributed by atoms with van der Waals surface area (Å²) in [6.45, 7) is -0.00601. The molecule has 0 spiro atoms. The van der Waals surface area contributed by atoms with Gasteiger partial charge in [-0.05, 0) is 43.2 Å². The molecular formula is C23H27F2N3O4. The molecule has 0 saturated heterocycles. The molecule has 7 nitrogen and oxygen atoms in total. The first kappa shape index (κ1) is 23.6. The van der Waals surface area contributed by atoms with Crippen LogP contribution in [0.3, 0.4) is 0 Å². The van der Waals surface area contributed by atoms with Crippen molar-refractivity contribution < 1.29 is 27.5 Å². The van der Waals surface area contributed by atoms with Gasteiger partial charge in [0.25, 0.3) is 0 Å². The Balaban J connectivity index is 1.41. The number of nitrogens with two attached hydrogens (primary N) is 2. The van der Waals surface area contributed by atoms with E-state index in [1.807, 2.05) is 24.3 Å². The lowest BCUT2D eigenvalue weighted by atomic mass is 10.1. The Hall–Kier alpha value is -3.04. The van der Waals surface area contributed by atoms with Crippen molar-refractivity contribution >= 4 is 16.9 Å². The number of aromatic nitrogens is 1. The number of carbonyl (C=O) groups excluding carboxylic acids is 1. The van der Waals surface area contributed by atoms with E-state index in [0.717, 1.165) is 10.9 Å². The highest BCUT2D eigenvalue weighted by Crippen LogP contribution is 2.30. The van der Waals surface area contributed by atoms with Crippen LogP contribution in [0.1, 0.15) is 25.7 Å². The summed E-state index contributed by atoms with van der Waals surface area (Å²) in [4.78, 5) is 15.4. The Morgan fingerprint density at radius 1 is 1.16 bits per heavy atom. The van der Waals surface area contributed by atoms with E-state index in [4.69, 9.17) is 25.4 Å². The number of carbonyl (C=O) groups is 1. The summed E-state index contributed by atoms with van der Waals surface area (Å²) >= 11 is 0. The molecule has 2 heterocycles. The number of fused-ring (bicyclic) bond motifs is 1. The number of alkyl halides is 2. The Kier molecular flexibility index (Phi) is 8.13. The lowest BCUT2D eigenvalue weighted by Gasteiger charge is -2.16. The van der Waals surface area contributed by atoms with Gasteiger partial charge < -0.3 is 25.4 Å². The van der Waals surface area contributed by atoms with Crippen molar-refractivity contribution in [2.45, 2.75) is 37.6 Å². The zero-order chi connectivity index (χ0) is 23.0. The van der Waals surface area contributed by atoms with Crippen LogP contribution in [0.2, 0.25) is 0 Å². The number of hydrogen-bond acceptors (Lipinski definition) is 7. The van der Waals surface area contributed by atoms with Gasteiger partial charge in [0, 0.05) is 48.8 Å². The fourth-order valence-corrected chi connectivity index (χ4v) is 3.10. The molecule has 1 unspecified atom stereocenters. The maximum atomic E-state index is 14.0. The van der Waals surface area contributed by atoms with Crippen LogP contribution >= 0.6 is 0 Å². The second kappa shape index (κ2) is 11.0. The minimum atomic E-state index is -2.87. The largest absolute Gasteiger partial charge is 0.493 e. The van der Waals surface area contributed by atoms with E-state index in [9.17, 15) is 13.6 Å². The van der Waals surface area contributed by atoms with Crippen LogP contribution in [0.25, 0.3) is 22.3 Å². The molecule has 3 rings (SSSR count). The number of rotatable bonds is 12. The molecule has 0 bridgehead atoms. The summed E-state index contributed by atoms with van der Waals surface area (Å²) in [5, 5.41) is 0.913. The van der Waals surface area contributed by atoms with Gasteiger partial charge >= 0.3 is 5.97 Å². The normalized spacial score (nSPS) is 12.6. The molecule has 0 radical (unpaired) electrons. The van der Waals surface area contributed by atoms with Gasteiger partial charge in [0.2, 0.25) is 5.92 Å². The van der Waals surface area contributed by atoms with Gasteiger partial charge in [0.15, 0.2) is 0 Å². The van der Waals surface area contributed by atoms with Crippen LogP contribution in [0, 0.1) is 0 Å². The average molecular weight is 447 g/mol. The smallest absolute Gasteiger partial charge is 0.324 e. The molecule has 0 aliphatic heterocycles. The summed E-state index contributed by atoms with van der Waals surface area (Å²) in [5.41, 5.74) is 12.2. The number of hydrogen-bond donors (Lipinski definition) is 2. The van der Waals surface area contributed by atoms with Crippen molar-refractivity contribution in [3.8, 4) is 17.1 Å². The third-order valence-electron chi connectivity index (χ3n) is 4.88. The van der Waals surface area contributed by atoms with Crippen LogP contribution in [0.15, 0.2) is 53.2 Å². The molecule has 3 aromatic rings. The van der Waals surface area contributed by atoms with E-state index >= 15 is 0 Å². The van der Waals surface area contributed by atoms with Crippen molar-refractivity contribution in [3.05, 3.63) is 48.8 Å². The van der Waals surface area contributed by atoms with Gasteiger partial charge in [-0.25, -0.2) is 8.78 Å². The van der Waals surface area contributed by atoms with Crippen LogP contribution < -0.4 is 16.2 Å². The number of nitrogens with zero attached hydrogens (tertiary/aromatic N) is 1. The molecule has 0 saturated carbocycles. The highest BCUT2D eigenvalue weighted by Gasteiger charge is 2.28. The van der Waals surface area contributed by atoms with Crippen molar-refractivity contribution in [2.75, 3.05) is 19.8 Å². The molecule has 4 N–H and O–H groups in total. The number of furan rings is 1. The van der Waals surface area contributed by atoms with E-state index < -0.39 is 17.9 Å². The SMILES string of the molecule is NCC(N)C(=O)OCCCC(F)(F)CCCOc1ccc2cc(-c3cccnc3)oc2c1. The van der Waals surface area contributed by atoms with Crippen LogP contribution in [-0.2, 0) is 9.53 Å². The molecule has 0 amide bonds. The molecule has 1 atom stereocenters. The first-order valence-corrected chi connectivity index (χ1v) is 10.4. The third kappa shape index (κ3) is 6.73. The third-order valence-corrected chi connectivity index (χ3v) is 4.88. The van der Waals surface area contributed by atoms with Crippen molar-refractivity contribution in [1.82, 2.24) is 4.98 Å². The molecule has 1 aromatic carbocycles. The van der Waals surface area contributed by atoms with Crippen molar-refractivity contribution in [1.29, 1.82) is 0 Å². The predicted octanol–water partition coefficient (Wildman–Crippen LogP) is 3.90. The number of esters is 1. The van der Waals surface area contributed by atoms with E-state index in [0.29, 0.717) is 17.1 Å². The van der Waals surface area contributed by atoms with Crippen LogP contribution in [0.4, 0.5) is 8.78 Å². The lowest BCUT2D eigenvalue weighted by molar-refractivity contribution is -0.145. The Bertz CT molecular complexity index is 1010. The molecular weight excluding hydrogens is 420 g/mol. The van der Waals surface area contributed by atoms with Crippen molar-refractivity contribution in [2.24, 2.45) is 11.5 Å². The fourth-order valence-electron chi connectivity index (χ4n) is 3.10. The second-order valence-electron chi connectivity index (χ2n) is 7.47. The van der Waals surface area contributed by atoms with Gasteiger partial charge in [0.05, 0.1) is 13.2 Å². The summed E-state index contributed by atoms with van der Waals surface area (Å²) in [7, 11) is 0. The molecule has 2 aromatic heterocycles. The lowest BCUT2D eigenvalue weighted by Crippen LogP contribution is -2.39. The molecule has 0 aliphatic rings. The molecule has 32 heavy (non-hydrogen) atoms. The highest BCUT2D eigenvalue weighted by molar-refractivity contribution is 5.83. The number of pyridine rings is 1. The second-order valence-corrected chi connectivity index (χ2v) is 7.47. The highest BCUT2D eigenvalue weighted by atomic mass is 19.3. The average Bonchev–Trinajstić information content (AvgIpc) is 3.23. The first-order valence-electron chi connectivity index (χ1n) is 10.4. The molecule has 172 valence electrons. The maximum absolute atomic E-state index is 14.0. The van der Waals surface area contributed by atoms with Crippen molar-refractivity contribution in [3.63, 3.8) is 0 Å². The Labute approximate surface area is 184 Å². The number of benzene rings is 1. The van der Waals surface area contributed by atoms with Crippen LogP contribution in [-0.4, -0.2) is 42.7 Å². The number of halogens is 2. The Morgan fingerprint density at radius 3 is 2.66 bits per heavy atom. The van der Waals surface area contributed by atoms with Gasteiger partial charge in [-0.1, -0.05) is 0 Å². The standard InChI is InChI=1S/C23H27F2N3O4/c24-23(25,8-3-11-31-22(29)19(27)14-26)7-2-10-30-18-6-5-16-12-20(32-21(16)13-18)17-4-1-9-28-15-17/h1,4-6,9,12-13,15,19H,2-3,7-8,10-11,14,26-27H2. The van der Waals surface area contributed by atoms with Gasteiger partial charge in [-0.15, -0.1) is 0 Å². The summed E-state index contributed by atoms with van der Waals surface area (Å²) < 4.78 is 44.3. The minimum absolute atomic E-state index is 0.0469. The van der Waals surface area contributed by atoms with E-state index in [1.54, 1.807) is 24.5 Å². The topological polar surface area (TPSA) is 114 Å². The monoisotopic (exact) mass is 447 g/mol. The van der Waals surface area contributed by atoms with E-state index in [2.05, 4.69) is 4.98 Å². The van der Waals surface area contributed by atoms with Gasteiger partial charge in [0.1, 0.15) is 23.1 Å². The summed E-state index contributed by atoms with van der Waals surface area (Å²) in [6.07, 6.45) is 2.93. The summed E-state index contributed by atoms with van der Waals surface area (Å²) in [6, 6.07) is 10.1. The number of ether oxygens (including phenoxy) is 2. The zero-order valence-corrected chi connectivity index (χ0v) is 17.6. The maximum Gasteiger partial charge on any atom is 0.324 e. The first-order chi connectivity index (χ1) is 15.4. The van der Waals surface area contributed by atoms with E-state index in [1.165, 1.54) is 0 Å². The molecule has 0 fully saturated rings. The minimum Gasteiger partial charge on any atom is -0.493 e. The van der Waals surface area contributed by atoms with Gasteiger partial charge in [-0.3, -0.25) is 9.78 Å².